The smallest absolute Gasteiger partial charge is 0.189 e. The highest BCUT2D eigenvalue weighted by Crippen LogP contribution is 2.60. The van der Waals surface area contributed by atoms with E-state index >= 15 is 0 Å². The van der Waals surface area contributed by atoms with Gasteiger partial charge in [-0.2, -0.15) is 0 Å². The van der Waals surface area contributed by atoms with Gasteiger partial charge in [0, 0.05) is 0 Å². The molecule has 0 amide bonds. The Balaban J connectivity index is 1.25. The third-order valence-corrected chi connectivity index (χ3v) is 7.56. The van der Waals surface area contributed by atoms with E-state index in [2.05, 4.69) is 52.0 Å². The molecule has 2 nitrogen and oxygen atoms in total. The molecule has 4 fully saturated rings. The van der Waals surface area contributed by atoms with Crippen molar-refractivity contribution < 1.29 is 9.47 Å². The Kier molecular flexibility index (Phi) is 4.84. The molecule has 5 rings (SSSR count). The Hall–Kier alpha value is -1.02. The van der Waals surface area contributed by atoms with E-state index in [9.17, 15) is 0 Å². The fourth-order valence-electron chi connectivity index (χ4n) is 6.19. The molecule has 144 valence electrons. The molecule has 0 aromatic heterocycles. The van der Waals surface area contributed by atoms with Crippen molar-refractivity contribution in [2.45, 2.75) is 72.1 Å². The van der Waals surface area contributed by atoms with Crippen molar-refractivity contribution in [1.29, 1.82) is 0 Å². The molecule has 4 aliphatic carbocycles. The SMILES string of the molecule is CC(c1ccc(OCOCC23CC4CC(CC(C4)C2)C3)cc1)C(C)(C)C. The van der Waals surface area contributed by atoms with Crippen LogP contribution in [0.1, 0.15) is 77.7 Å². The molecule has 0 heterocycles. The summed E-state index contributed by atoms with van der Waals surface area (Å²) < 4.78 is 11.9. The van der Waals surface area contributed by atoms with Gasteiger partial charge in [0.1, 0.15) is 5.75 Å². The summed E-state index contributed by atoms with van der Waals surface area (Å²) in [4.78, 5) is 0. The van der Waals surface area contributed by atoms with E-state index in [0.717, 1.165) is 30.1 Å². The molecule has 0 saturated heterocycles. The molecular formula is C24H36O2. The first-order valence-electron chi connectivity index (χ1n) is 10.6. The maximum atomic E-state index is 6.03. The maximum Gasteiger partial charge on any atom is 0.189 e. The second kappa shape index (κ2) is 6.86. The van der Waals surface area contributed by atoms with Crippen LogP contribution in [0.2, 0.25) is 0 Å². The first-order valence-corrected chi connectivity index (χ1v) is 10.6. The molecule has 0 N–H and O–H groups in total. The van der Waals surface area contributed by atoms with Crippen LogP contribution in [0.5, 0.6) is 5.75 Å². The largest absolute Gasteiger partial charge is 0.468 e. The van der Waals surface area contributed by atoms with Crippen LogP contribution in [0.4, 0.5) is 0 Å². The zero-order chi connectivity index (χ0) is 18.4. The van der Waals surface area contributed by atoms with Gasteiger partial charge in [0.15, 0.2) is 6.79 Å². The normalized spacial score (nSPS) is 34.1. The van der Waals surface area contributed by atoms with Crippen LogP contribution in [-0.4, -0.2) is 13.4 Å². The van der Waals surface area contributed by atoms with E-state index < -0.39 is 0 Å². The third kappa shape index (κ3) is 3.81. The van der Waals surface area contributed by atoms with E-state index in [1.165, 1.54) is 44.1 Å². The molecule has 4 saturated carbocycles. The predicted octanol–water partition coefficient (Wildman–Crippen LogP) is 6.41. The zero-order valence-corrected chi connectivity index (χ0v) is 17.1. The molecule has 4 aliphatic rings. The van der Waals surface area contributed by atoms with E-state index in [1.807, 2.05) is 0 Å². The van der Waals surface area contributed by atoms with Crippen molar-refractivity contribution in [2.24, 2.45) is 28.6 Å². The van der Waals surface area contributed by atoms with Crippen LogP contribution in [-0.2, 0) is 4.74 Å². The van der Waals surface area contributed by atoms with E-state index in [1.54, 1.807) is 0 Å². The second-order valence-electron chi connectivity index (χ2n) is 10.7. The van der Waals surface area contributed by atoms with Gasteiger partial charge < -0.3 is 9.47 Å². The summed E-state index contributed by atoms with van der Waals surface area (Å²) >= 11 is 0. The summed E-state index contributed by atoms with van der Waals surface area (Å²) in [6.45, 7) is 10.5. The molecule has 0 spiro atoms. The molecular weight excluding hydrogens is 320 g/mol. The monoisotopic (exact) mass is 356 g/mol. The minimum absolute atomic E-state index is 0.281. The van der Waals surface area contributed by atoms with Gasteiger partial charge in [0.05, 0.1) is 6.61 Å². The highest BCUT2D eigenvalue weighted by molar-refractivity contribution is 5.29. The van der Waals surface area contributed by atoms with Gasteiger partial charge in [0.2, 0.25) is 0 Å². The van der Waals surface area contributed by atoms with Crippen LogP contribution >= 0.6 is 0 Å². The molecule has 0 aliphatic heterocycles. The highest BCUT2D eigenvalue weighted by Gasteiger charge is 2.50. The number of ether oxygens (including phenoxy) is 2. The molecule has 4 bridgehead atoms. The van der Waals surface area contributed by atoms with Gasteiger partial charge in [0.25, 0.3) is 0 Å². The van der Waals surface area contributed by atoms with Crippen LogP contribution in [0, 0.1) is 28.6 Å². The number of hydrogen-bond acceptors (Lipinski definition) is 2. The zero-order valence-electron chi connectivity index (χ0n) is 17.1. The minimum atomic E-state index is 0.281. The van der Waals surface area contributed by atoms with Gasteiger partial charge in [-0.05, 0) is 90.7 Å². The summed E-state index contributed by atoms with van der Waals surface area (Å²) in [6.07, 6.45) is 8.69. The summed E-state index contributed by atoms with van der Waals surface area (Å²) in [6, 6.07) is 8.58. The fraction of sp³-hybridized carbons (Fsp3) is 0.750. The molecule has 2 heteroatoms. The van der Waals surface area contributed by atoms with Gasteiger partial charge in [-0.3, -0.25) is 0 Å². The lowest BCUT2D eigenvalue weighted by Gasteiger charge is -2.56. The summed E-state index contributed by atoms with van der Waals surface area (Å²) in [5, 5.41) is 0. The maximum absolute atomic E-state index is 6.03. The summed E-state index contributed by atoms with van der Waals surface area (Å²) in [5.41, 5.74) is 2.13. The molecule has 26 heavy (non-hydrogen) atoms. The topological polar surface area (TPSA) is 18.5 Å². The first kappa shape index (κ1) is 18.3. The number of benzene rings is 1. The molecule has 1 atom stereocenters. The number of hydrogen-bond donors (Lipinski definition) is 0. The highest BCUT2D eigenvalue weighted by atomic mass is 16.7. The lowest BCUT2D eigenvalue weighted by atomic mass is 9.50. The Bertz CT molecular complexity index is 575. The predicted molar refractivity (Wildman–Crippen MR) is 106 cm³/mol. The average molecular weight is 357 g/mol. The molecule has 1 aromatic rings. The summed E-state index contributed by atoms with van der Waals surface area (Å²) in [7, 11) is 0. The van der Waals surface area contributed by atoms with Crippen molar-refractivity contribution >= 4 is 0 Å². The van der Waals surface area contributed by atoms with Gasteiger partial charge in [-0.15, -0.1) is 0 Å². The van der Waals surface area contributed by atoms with E-state index in [-0.39, 0.29) is 5.41 Å². The average Bonchev–Trinajstić information content (AvgIpc) is 2.57. The molecule has 1 aromatic carbocycles. The van der Waals surface area contributed by atoms with Gasteiger partial charge in [-0.1, -0.05) is 39.8 Å². The second-order valence-corrected chi connectivity index (χ2v) is 10.7. The van der Waals surface area contributed by atoms with Crippen LogP contribution in [0.25, 0.3) is 0 Å². The lowest BCUT2D eigenvalue weighted by molar-refractivity contribution is -0.116. The Morgan fingerprint density at radius 2 is 1.50 bits per heavy atom. The van der Waals surface area contributed by atoms with Crippen molar-refractivity contribution in [1.82, 2.24) is 0 Å². The molecule has 0 radical (unpaired) electrons. The Labute approximate surface area is 159 Å². The Morgan fingerprint density at radius 1 is 0.962 bits per heavy atom. The number of rotatable bonds is 6. The van der Waals surface area contributed by atoms with Crippen LogP contribution < -0.4 is 4.74 Å². The van der Waals surface area contributed by atoms with Crippen molar-refractivity contribution in [2.75, 3.05) is 13.4 Å². The quantitative estimate of drug-likeness (QED) is 0.433. The lowest BCUT2D eigenvalue weighted by Crippen LogP contribution is -2.48. The third-order valence-electron chi connectivity index (χ3n) is 7.56. The fourth-order valence-corrected chi connectivity index (χ4v) is 6.19. The van der Waals surface area contributed by atoms with Crippen LogP contribution in [0.15, 0.2) is 24.3 Å². The Morgan fingerprint density at radius 3 is 2.00 bits per heavy atom. The van der Waals surface area contributed by atoms with E-state index in [4.69, 9.17) is 9.47 Å². The van der Waals surface area contributed by atoms with Crippen molar-refractivity contribution in [3.63, 3.8) is 0 Å². The standard InChI is InChI=1S/C24H36O2/c1-17(23(2,3)4)21-5-7-22(8-6-21)26-16-25-15-24-12-18-9-19(13-24)11-20(10-18)14-24/h5-8,17-20H,9-16H2,1-4H3. The minimum Gasteiger partial charge on any atom is -0.468 e. The molecule has 1 unspecified atom stereocenters. The van der Waals surface area contributed by atoms with Crippen molar-refractivity contribution in [3.8, 4) is 5.75 Å². The van der Waals surface area contributed by atoms with Gasteiger partial charge >= 0.3 is 0 Å². The summed E-state index contributed by atoms with van der Waals surface area (Å²) in [5.74, 6) is 4.42. The van der Waals surface area contributed by atoms with Crippen molar-refractivity contribution in [3.05, 3.63) is 29.8 Å². The first-order chi connectivity index (χ1) is 12.3. The van der Waals surface area contributed by atoms with E-state index in [0.29, 0.717) is 18.1 Å². The van der Waals surface area contributed by atoms with Gasteiger partial charge in [-0.25, -0.2) is 0 Å². The van der Waals surface area contributed by atoms with Crippen LogP contribution in [0.3, 0.4) is 0 Å².